The highest BCUT2D eigenvalue weighted by Gasteiger charge is 2.54. The van der Waals surface area contributed by atoms with Gasteiger partial charge in [0.25, 0.3) is 0 Å². The van der Waals surface area contributed by atoms with E-state index in [1.54, 1.807) is 0 Å². The molecule has 0 aromatic heterocycles. The Morgan fingerprint density at radius 3 is 2.62 bits per heavy atom. The molecule has 2 aliphatic carbocycles. The smallest absolute Gasteiger partial charge is 0.0753 e. The molecular weight excluding hydrogens is 256 g/mol. The third-order valence-electron chi connectivity index (χ3n) is 6.40. The summed E-state index contributed by atoms with van der Waals surface area (Å²) in [4.78, 5) is 0. The summed E-state index contributed by atoms with van der Waals surface area (Å²) in [5.41, 5.74) is 2.87. The first-order valence-electron chi connectivity index (χ1n) is 8.38. The van der Waals surface area contributed by atoms with E-state index in [9.17, 15) is 5.11 Å². The first-order valence-corrected chi connectivity index (χ1v) is 8.38. The number of fused-ring (bicyclic) bond motifs is 1. The Morgan fingerprint density at radius 1 is 1.33 bits per heavy atom. The van der Waals surface area contributed by atoms with Crippen molar-refractivity contribution in [2.45, 2.75) is 65.9 Å². The van der Waals surface area contributed by atoms with Gasteiger partial charge in [-0.1, -0.05) is 58.1 Å². The van der Waals surface area contributed by atoms with Crippen molar-refractivity contribution in [2.75, 3.05) is 0 Å². The highest BCUT2D eigenvalue weighted by atomic mass is 16.3. The second kappa shape index (κ2) is 5.76. The molecule has 0 radical (unpaired) electrons. The molecule has 1 N–H and O–H groups in total. The van der Waals surface area contributed by atoms with E-state index >= 15 is 0 Å². The predicted molar refractivity (Wildman–Crippen MR) is 91.1 cm³/mol. The van der Waals surface area contributed by atoms with Gasteiger partial charge in [0.05, 0.1) is 6.10 Å². The Balaban J connectivity index is 2.35. The highest BCUT2D eigenvalue weighted by Crippen LogP contribution is 2.61. The molecule has 2 fully saturated rings. The van der Waals surface area contributed by atoms with Crippen LogP contribution < -0.4 is 0 Å². The molecule has 0 bridgehead atoms. The van der Waals surface area contributed by atoms with E-state index in [2.05, 4.69) is 46.9 Å². The van der Waals surface area contributed by atoms with Gasteiger partial charge in [-0.05, 0) is 60.8 Å². The van der Waals surface area contributed by atoms with Crippen LogP contribution in [0.15, 0.2) is 36.5 Å². The van der Waals surface area contributed by atoms with Crippen molar-refractivity contribution >= 4 is 0 Å². The molecule has 118 valence electrons. The monoisotopic (exact) mass is 288 g/mol. The molecule has 2 aliphatic rings. The summed E-state index contributed by atoms with van der Waals surface area (Å²) in [6, 6.07) is 0. The minimum Gasteiger partial charge on any atom is -0.389 e. The maximum absolute atomic E-state index is 10.5. The van der Waals surface area contributed by atoms with Crippen molar-refractivity contribution in [2.24, 2.45) is 22.7 Å². The molecule has 1 unspecified atom stereocenters. The lowest BCUT2D eigenvalue weighted by Crippen LogP contribution is -2.52. The van der Waals surface area contributed by atoms with E-state index in [0.717, 1.165) is 18.4 Å². The zero-order valence-electron chi connectivity index (χ0n) is 14.3. The maximum atomic E-state index is 10.5. The maximum Gasteiger partial charge on any atom is 0.0753 e. The second-order valence-corrected chi connectivity index (χ2v) is 8.17. The molecule has 2 rings (SSSR count). The van der Waals surface area contributed by atoms with Gasteiger partial charge in [0, 0.05) is 0 Å². The van der Waals surface area contributed by atoms with Crippen LogP contribution in [-0.4, -0.2) is 11.2 Å². The first-order chi connectivity index (χ1) is 9.72. The summed E-state index contributed by atoms with van der Waals surface area (Å²) >= 11 is 0. The summed E-state index contributed by atoms with van der Waals surface area (Å²) in [7, 11) is 0. The molecule has 0 aromatic rings. The van der Waals surface area contributed by atoms with Crippen LogP contribution in [0.4, 0.5) is 0 Å². The third-order valence-corrected chi connectivity index (χ3v) is 6.40. The largest absolute Gasteiger partial charge is 0.389 e. The lowest BCUT2D eigenvalue weighted by Gasteiger charge is -2.59. The molecule has 0 heterocycles. The normalized spacial score (nSPS) is 39.8. The Kier molecular flexibility index (Phi) is 4.54. The predicted octanol–water partition coefficient (Wildman–Crippen LogP) is 5.28. The van der Waals surface area contributed by atoms with Gasteiger partial charge in [-0.3, -0.25) is 0 Å². The SMILES string of the molecule is C=C/C(C)=C/C[C@H]1C(=C)C(O)C[C@H]2C(C)(C)CCC[C@]12C. The van der Waals surface area contributed by atoms with Crippen LogP contribution in [0.25, 0.3) is 0 Å². The molecule has 0 spiro atoms. The fourth-order valence-electron chi connectivity index (χ4n) is 5.01. The zero-order chi connectivity index (χ0) is 15.8. The average Bonchev–Trinajstić information content (AvgIpc) is 2.41. The molecular formula is C20H32O. The van der Waals surface area contributed by atoms with E-state index in [1.165, 1.54) is 24.8 Å². The number of hydrogen-bond donors (Lipinski definition) is 1. The van der Waals surface area contributed by atoms with Gasteiger partial charge >= 0.3 is 0 Å². The fourth-order valence-corrected chi connectivity index (χ4v) is 5.01. The van der Waals surface area contributed by atoms with Crippen LogP contribution in [0.1, 0.15) is 59.8 Å². The van der Waals surface area contributed by atoms with Crippen LogP contribution in [0.3, 0.4) is 0 Å². The Bertz CT molecular complexity index is 456. The number of aliphatic hydroxyl groups is 1. The summed E-state index contributed by atoms with van der Waals surface area (Å²) in [5.74, 6) is 0.974. The molecule has 0 amide bonds. The van der Waals surface area contributed by atoms with Gasteiger partial charge in [0.2, 0.25) is 0 Å². The third kappa shape index (κ3) is 2.90. The number of hydrogen-bond acceptors (Lipinski definition) is 1. The van der Waals surface area contributed by atoms with E-state index < -0.39 is 0 Å². The molecule has 2 saturated carbocycles. The van der Waals surface area contributed by atoms with Crippen LogP contribution in [-0.2, 0) is 0 Å². The van der Waals surface area contributed by atoms with Gasteiger partial charge in [0.15, 0.2) is 0 Å². The highest BCUT2D eigenvalue weighted by molar-refractivity contribution is 5.23. The fraction of sp³-hybridized carbons (Fsp3) is 0.700. The van der Waals surface area contributed by atoms with Crippen molar-refractivity contribution in [3.63, 3.8) is 0 Å². The van der Waals surface area contributed by atoms with Crippen LogP contribution in [0.2, 0.25) is 0 Å². The summed E-state index contributed by atoms with van der Waals surface area (Å²) in [5, 5.41) is 10.5. The molecule has 4 atom stereocenters. The summed E-state index contributed by atoms with van der Waals surface area (Å²) in [6.07, 6.45) is 9.56. The van der Waals surface area contributed by atoms with Crippen molar-refractivity contribution in [1.29, 1.82) is 0 Å². The lowest BCUT2D eigenvalue weighted by atomic mass is 9.46. The van der Waals surface area contributed by atoms with Gasteiger partial charge in [0.1, 0.15) is 0 Å². The van der Waals surface area contributed by atoms with E-state index in [4.69, 9.17) is 0 Å². The Hall–Kier alpha value is -0.820. The number of aliphatic hydroxyl groups excluding tert-OH is 1. The van der Waals surface area contributed by atoms with Crippen molar-refractivity contribution in [3.05, 3.63) is 36.5 Å². The molecule has 1 nitrogen and oxygen atoms in total. The minimum atomic E-state index is -0.331. The Morgan fingerprint density at radius 2 is 2.00 bits per heavy atom. The minimum absolute atomic E-state index is 0.274. The van der Waals surface area contributed by atoms with Gasteiger partial charge in [-0.15, -0.1) is 0 Å². The molecule has 0 aromatic carbocycles. The quantitative estimate of drug-likeness (QED) is 0.553. The summed E-state index contributed by atoms with van der Waals surface area (Å²) in [6.45, 7) is 17.4. The summed E-state index contributed by atoms with van der Waals surface area (Å²) < 4.78 is 0. The first kappa shape index (κ1) is 16.5. The van der Waals surface area contributed by atoms with Crippen molar-refractivity contribution in [3.8, 4) is 0 Å². The second-order valence-electron chi connectivity index (χ2n) is 8.17. The molecule has 0 saturated heterocycles. The van der Waals surface area contributed by atoms with Crippen LogP contribution in [0.5, 0.6) is 0 Å². The molecule has 1 heteroatoms. The van der Waals surface area contributed by atoms with Crippen molar-refractivity contribution in [1.82, 2.24) is 0 Å². The lowest BCUT2D eigenvalue weighted by molar-refractivity contribution is -0.0809. The van der Waals surface area contributed by atoms with Crippen LogP contribution >= 0.6 is 0 Å². The average molecular weight is 288 g/mol. The zero-order valence-corrected chi connectivity index (χ0v) is 14.3. The standard InChI is InChI=1S/C20H32O/c1-7-14(2)9-10-16-15(3)17(21)13-18-19(4,5)11-8-12-20(16,18)6/h7,9,16-18,21H,1,3,8,10-13H2,2,4-6H3/b14-9+/t16-,17?,18-,20+/m0/s1. The van der Waals surface area contributed by atoms with Gasteiger partial charge < -0.3 is 5.11 Å². The van der Waals surface area contributed by atoms with Crippen molar-refractivity contribution < 1.29 is 5.11 Å². The van der Waals surface area contributed by atoms with Gasteiger partial charge in [-0.25, -0.2) is 0 Å². The van der Waals surface area contributed by atoms with E-state index in [0.29, 0.717) is 17.3 Å². The molecule has 21 heavy (non-hydrogen) atoms. The number of allylic oxidation sites excluding steroid dienone is 3. The van der Waals surface area contributed by atoms with E-state index in [1.807, 2.05) is 6.08 Å². The van der Waals surface area contributed by atoms with Crippen LogP contribution in [0, 0.1) is 22.7 Å². The molecule has 0 aliphatic heterocycles. The van der Waals surface area contributed by atoms with E-state index in [-0.39, 0.29) is 11.5 Å². The number of rotatable bonds is 3. The van der Waals surface area contributed by atoms with Gasteiger partial charge in [-0.2, -0.15) is 0 Å². The Labute approximate surface area is 130 Å². The topological polar surface area (TPSA) is 20.2 Å².